The van der Waals surface area contributed by atoms with Crippen LogP contribution in [-0.2, 0) is 59.6 Å². The minimum atomic E-state index is -0.731. The van der Waals surface area contributed by atoms with E-state index < -0.39 is 30.7 Å². The molecule has 1 saturated heterocycles. The molecule has 1 aliphatic heterocycles. The van der Waals surface area contributed by atoms with Crippen molar-refractivity contribution in [3.8, 4) is 0 Å². The van der Waals surface area contributed by atoms with Crippen LogP contribution in [0.2, 0.25) is 0 Å². The van der Waals surface area contributed by atoms with E-state index in [-0.39, 0.29) is 0 Å². The summed E-state index contributed by atoms with van der Waals surface area (Å²) >= 11 is 0. The number of hydrogen-bond donors (Lipinski definition) is 0. The molecule has 0 saturated carbocycles. The van der Waals surface area contributed by atoms with E-state index in [1.54, 1.807) is 0 Å². The summed E-state index contributed by atoms with van der Waals surface area (Å²) < 4.78 is 46.1. The first-order chi connectivity index (χ1) is 29.3. The Morgan fingerprint density at radius 1 is 0.373 bits per heavy atom. The van der Waals surface area contributed by atoms with Gasteiger partial charge in [0.1, 0.15) is 24.4 Å². The Bertz CT molecular complexity index is 1560. The molecule has 0 aliphatic carbocycles. The van der Waals surface area contributed by atoms with Crippen molar-refractivity contribution in [1.29, 1.82) is 0 Å². The first-order valence-electron chi connectivity index (χ1n) is 22.7. The maximum absolute atomic E-state index is 6.84. The van der Waals surface area contributed by atoms with Crippen molar-refractivity contribution >= 4 is 0 Å². The van der Waals surface area contributed by atoms with Crippen LogP contribution in [0.25, 0.3) is 0 Å². The first kappa shape index (κ1) is 46.7. The van der Waals surface area contributed by atoms with Crippen molar-refractivity contribution in [2.75, 3.05) is 26.4 Å². The lowest BCUT2D eigenvalue weighted by atomic mass is 9.97. The largest absolute Gasteiger partial charge is 0.379 e. The van der Waals surface area contributed by atoms with Crippen LogP contribution < -0.4 is 0 Å². The van der Waals surface area contributed by atoms with E-state index in [2.05, 4.69) is 55.5 Å². The Morgan fingerprint density at radius 2 is 0.780 bits per heavy atom. The minimum Gasteiger partial charge on any atom is -0.379 e. The van der Waals surface area contributed by atoms with Gasteiger partial charge in [0.05, 0.1) is 46.2 Å². The molecule has 4 aromatic rings. The molecule has 0 radical (unpaired) electrons. The summed E-state index contributed by atoms with van der Waals surface area (Å²) in [6.07, 6.45) is 15.9. The van der Waals surface area contributed by atoms with Gasteiger partial charge in [-0.25, -0.2) is 0 Å². The van der Waals surface area contributed by atoms with Gasteiger partial charge in [0, 0.05) is 6.61 Å². The van der Waals surface area contributed by atoms with Gasteiger partial charge < -0.3 is 33.2 Å². The molecule has 1 aliphatic rings. The Balaban J connectivity index is 1.17. The average Bonchev–Trinajstić information content (AvgIpc) is 3.28. The summed E-state index contributed by atoms with van der Waals surface area (Å²) in [5, 5.41) is 0. The second-order valence-corrected chi connectivity index (χ2v) is 15.9. The van der Waals surface area contributed by atoms with Crippen LogP contribution in [0.1, 0.15) is 119 Å². The van der Waals surface area contributed by atoms with Crippen LogP contribution in [0.4, 0.5) is 0 Å². The second kappa shape index (κ2) is 29.8. The number of rotatable bonds is 32. The summed E-state index contributed by atoms with van der Waals surface area (Å²) in [5.74, 6) is 0. The van der Waals surface area contributed by atoms with Gasteiger partial charge in [0.25, 0.3) is 0 Å². The van der Waals surface area contributed by atoms with Crippen LogP contribution in [0.5, 0.6) is 0 Å². The second-order valence-electron chi connectivity index (χ2n) is 15.9. The van der Waals surface area contributed by atoms with Crippen molar-refractivity contribution in [3.05, 3.63) is 144 Å². The maximum Gasteiger partial charge on any atom is 0.187 e. The third-order valence-corrected chi connectivity index (χ3v) is 11.0. The van der Waals surface area contributed by atoms with Crippen LogP contribution >= 0.6 is 0 Å². The highest BCUT2D eigenvalue weighted by atomic mass is 16.7. The van der Waals surface area contributed by atoms with Gasteiger partial charge in [0.15, 0.2) is 6.29 Å². The molecule has 7 nitrogen and oxygen atoms in total. The van der Waals surface area contributed by atoms with Crippen molar-refractivity contribution in [1.82, 2.24) is 0 Å². The van der Waals surface area contributed by atoms with Crippen LogP contribution in [-0.4, -0.2) is 57.1 Å². The molecule has 1 heterocycles. The van der Waals surface area contributed by atoms with Crippen LogP contribution in [0.15, 0.2) is 121 Å². The van der Waals surface area contributed by atoms with Gasteiger partial charge in [-0.1, -0.05) is 212 Å². The third-order valence-electron chi connectivity index (χ3n) is 11.0. The molecule has 0 bridgehead atoms. The van der Waals surface area contributed by atoms with E-state index in [1.807, 2.05) is 72.8 Å². The number of unbranched alkanes of at least 4 members (excludes halogenated alkanes) is 13. The third kappa shape index (κ3) is 18.8. The number of ether oxygens (including phenoxy) is 7. The smallest absolute Gasteiger partial charge is 0.187 e. The highest BCUT2D eigenvalue weighted by Crippen LogP contribution is 2.32. The fourth-order valence-corrected chi connectivity index (χ4v) is 7.61. The molecule has 0 spiro atoms. The molecule has 1 fully saturated rings. The predicted octanol–water partition coefficient (Wildman–Crippen LogP) is 12.2. The Morgan fingerprint density at radius 3 is 1.25 bits per heavy atom. The van der Waals surface area contributed by atoms with Crippen molar-refractivity contribution in [2.45, 2.75) is 154 Å². The zero-order valence-corrected chi connectivity index (χ0v) is 35.8. The van der Waals surface area contributed by atoms with Crippen LogP contribution in [0.3, 0.4) is 0 Å². The Kier molecular flexibility index (Phi) is 23.5. The van der Waals surface area contributed by atoms with Gasteiger partial charge in [0.2, 0.25) is 0 Å². The first-order valence-corrected chi connectivity index (χ1v) is 22.7. The molecule has 0 aromatic heterocycles. The maximum atomic E-state index is 6.84. The number of benzene rings is 4. The van der Waals surface area contributed by atoms with Crippen molar-refractivity contribution in [3.63, 3.8) is 0 Å². The van der Waals surface area contributed by atoms with E-state index in [1.165, 1.54) is 83.5 Å². The standard InChI is InChI=1S/C52H72O7/c1-2-3-4-5-6-7-8-9-10-11-12-13-14-27-36-53-37-38-55-52-51(58-42-47-34-25-18-26-35-47)50(57-41-46-32-23-17-24-33-46)49(56-40-45-30-21-16-22-31-45)48(59-52)43-54-39-44-28-19-15-20-29-44/h15-26,28-35,48-52H,2-14,27,36-43H2,1H3. The summed E-state index contributed by atoms with van der Waals surface area (Å²) in [4.78, 5) is 0. The molecular formula is C52H72O7. The van der Waals surface area contributed by atoms with E-state index >= 15 is 0 Å². The van der Waals surface area contributed by atoms with Gasteiger partial charge >= 0.3 is 0 Å². The van der Waals surface area contributed by atoms with E-state index in [0.717, 1.165) is 35.3 Å². The molecule has 7 heteroatoms. The van der Waals surface area contributed by atoms with Crippen molar-refractivity contribution < 1.29 is 33.2 Å². The molecule has 5 unspecified atom stereocenters. The van der Waals surface area contributed by atoms with Gasteiger partial charge in [-0.2, -0.15) is 0 Å². The summed E-state index contributed by atoms with van der Waals surface area (Å²) in [6.45, 7) is 5.75. The van der Waals surface area contributed by atoms with Gasteiger partial charge in [-0.3, -0.25) is 0 Å². The quantitative estimate of drug-likeness (QED) is 0.0455. The Labute approximate surface area is 356 Å². The van der Waals surface area contributed by atoms with Crippen molar-refractivity contribution in [2.24, 2.45) is 0 Å². The van der Waals surface area contributed by atoms with E-state index in [9.17, 15) is 0 Å². The summed E-state index contributed by atoms with van der Waals surface area (Å²) in [5.41, 5.74) is 4.28. The molecule has 5 rings (SSSR count). The Hall–Kier alpha value is -3.40. The summed E-state index contributed by atoms with van der Waals surface area (Å²) in [7, 11) is 0. The van der Waals surface area contributed by atoms with E-state index in [4.69, 9.17) is 33.2 Å². The lowest BCUT2D eigenvalue weighted by molar-refractivity contribution is -0.329. The van der Waals surface area contributed by atoms with E-state index in [0.29, 0.717) is 46.2 Å². The highest BCUT2D eigenvalue weighted by molar-refractivity contribution is 5.16. The SMILES string of the molecule is CCCCCCCCCCCCCCCCOCCOC1OC(COCc2ccccc2)C(OCc2ccccc2)C(OCc2ccccc2)C1OCc1ccccc1. The minimum absolute atomic E-state index is 0.292. The zero-order valence-electron chi connectivity index (χ0n) is 35.8. The fraction of sp³-hybridized carbons (Fsp3) is 0.538. The fourth-order valence-electron chi connectivity index (χ4n) is 7.61. The molecule has 5 atom stereocenters. The lowest BCUT2D eigenvalue weighted by Gasteiger charge is -2.46. The molecule has 322 valence electrons. The molecular weight excluding hydrogens is 737 g/mol. The normalized spacial score (nSPS) is 19.2. The van der Waals surface area contributed by atoms with Gasteiger partial charge in [-0.05, 0) is 28.7 Å². The highest BCUT2D eigenvalue weighted by Gasteiger charge is 2.49. The monoisotopic (exact) mass is 809 g/mol. The average molecular weight is 809 g/mol. The lowest BCUT2D eigenvalue weighted by Crippen LogP contribution is -2.62. The van der Waals surface area contributed by atoms with Gasteiger partial charge in [-0.15, -0.1) is 0 Å². The zero-order chi connectivity index (χ0) is 40.8. The topological polar surface area (TPSA) is 64.6 Å². The molecule has 4 aromatic carbocycles. The molecule has 59 heavy (non-hydrogen) atoms. The molecule has 0 N–H and O–H groups in total. The van der Waals surface area contributed by atoms with Crippen LogP contribution in [0, 0.1) is 0 Å². The predicted molar refractivity (Wildman–Crippen MR) is 237 cm³/mol. The summed E-state index contributed by atoms with van der Waals surface area (Å²) in [6, 6.07) is 40.8. The number of hydrogen-bond acceptors (Lipinski definition) is 7. The molecule has 0 amide bonds.